The predicted molar refractivity (Wildman–Crippen MR) is 334 cm³/mol. The number of likely N-dealkylation sites (tertiary alicyclic amines) is 3. The molecule has 85 heavy (non-hydrogen) atoms. The van der Waals surface area contributed by atoms with Crippen LogP contribution >= 0.6 is 24.0 Å². The maximum absolute atomic E-state index is 14.6. The highest BCUT2D eigenvalue weighted by Gasteiger charge is 2.46. The Balaban J connectivity index is 0.000000266. The smallest absolute Gasteiger partial charge is 0.410 e. The van der Waals surface area contributed by atoms with E-state index in [1.165, 1.54) is 16.0 Å². The first-order valence-electron chi connectivity index (χ1n) is 30.1. The van der Waals surface area contributed by atoms with Crippen molar-refractivity contribution in [1.82, 2.24) is 20.0 Å². The van der Waals surface area contributed by atoms with Crippen LogP contribution in [0.15, 0.2) is 52.9 Å². The first kappa shape index (κ1) is 69.8. The van der Waals surface area contributed by atoms with Crippen LogP contribution in [0, 0.1) is 17.8 Å². The number of rotatable bonds is 6. The number of methoxy groups -OCH3 is 4. The van der Waals surface area contributed by atoms with Crippen molar-refractivity contribution in [2.24, 2.45) is 22.1 Å². The van der Waals surface area contributed by atoms with E-state index in [4.69, 9.17) is 44.8 Å². The molecule has 1 spiro atoms. The number of β-amino-alcohol motifs (C(OH)–C–C–N with tert-alkyl or cyclic N) is 1. The maximum atomic E-state index is 14.6. The zero-order valence-electron chi connectivity index (χ0n) is 52.9. The lowest BCUT2D eigenvalue weighted by Crippen LogP contribution is -2.62. The number of nitrogens with one attached hydrogen (secondary N) is 1. The molecule has 2 aromatic rings. The third-order valence-corrected chi connectivity index (χ3v) is 20.4. The molecule has 0 aromatic heterocycles. The highest BCUT2D eigenvalue weighted by Crippen LogP contribution is 2.47. The normalized spacial score (nSPS) is 32.5. The zero-order valence-corrected chi connectivity index (χ0v) is 55.3. The summed E-state index contributed by atoms with van der Waals surface area (Å²) in [7, 11) is 3.58. The summed E-state index contributed by atoms with van der Waals surface area (Å²) in [6.45, 7) is 25.4. The van der Waals surface area contributed by atoms with Crippen molar-refractivity contribution in [2.45, 2.75) is 186 Å². The number of hydrogen-bond acceptors (Lipinski definition) is 15. The molecule has 22 heteroatoms. The van der Waals surface area contributed by atoms with E-state index in [2.05, 4.69) is 45.8 Å². The second-order valence-electron chi connectivity index (χ2n) is 26.4. The van der Waals surface area contributed by atoms with E-state index in [0.29, 0.717) is 62.2 Å². The lowest BCUT2D eigenvalue weighted by atomic mass is 9.68. The van der Waals surface area contributed by atoms with Gasteiger partial charge in [-0.1, -0.05) is 36.7 Å². The fourth-order valence-corrected chi connectivity index (χ4v) is 14.7. The summed E-state index contributed by atoms with van der Waals surface area (Å²) in [5.41, 5.74) is 2.63. The molecular formula is C63H98Cl2N6O13S. The Morgan fingerprint density at radius 2 is 1.44 bits per heavy atom. The Morgan fingerprint density at radius 3 is 1.94 bits per heavy atom. The van der Waals surface area contributed by atoms with Crippen molar-refractivity contribution in [2.75, 3.05) is 90.7 Å². The predicted octanol–water partition coefficient (Wildman–Crippen LogP) is 9.35. The van der Waals surface area contributed by atoms with Gasteiger partial charge >= 0.3 is 12.2 Å². The summed E-state index contributed by atoms with van der Waals surface area (Å²) in [5.74, 6) is 0.434. The minimum absolute atomic E-state index is 0. The number of fused-ring (bicyclic) bond motifs is 4. The van der Waals surface area contributed by atoms with E-state index >= 15 is 0 Å². The molecule has 5 fully saturated rings. The molecular weight excluding hydrogens is 1150 g/mol. The molecule has 2 N–H and O–H groups in total. The highest BCUT2D eigenvalue weighted by molar-refractivity contribution is 7.94. The van der Waals surface area contributed by atoms with Gasteiger partial charge in [-0.05, 0) is 167 Å². The number of aliphatic hydroxyl groups is 1. The van der Waals surface area contributed by atoms with Gasteiger partial charge in [-0.3, -0.25) is 9.59 Å². The Kier molecular flexibility index (Phi) is 24.1. The number of carbonyl (C=O) groups excluding carboxylic acids is 4. The van der Waals surface area contributed by atoms with Gasteiger partial charge in [-0.2, -0.15) is 4.36 Å². The maximum Gasteiger partial charge on any atom is 0.410 e. The van der Waals surface area contributed by atoms with Gasteiger partial charge in [0.25, 0.3) is 5.91 Å². The number of ether oxygens (including phenoxy) is 7. The van der Waals surface area contributed by atoms with E-state index in [-0.39, 0.29) is 89.8 Å². The molecule has 6 heterocycles. The van der Waals surface area contributed by atoms with Crippen molar-refractivity contribution < 1.29 is 61.7 Å². The average Bonchev–Trinajstić information content (AvgIpc) is 2.64. The van der Waals surface area contributed by atoms with Gasteiger partial charge in [0, 0.05) is 82.4 Å². The fourth-order valence-electron chi connectivity index (χ4n) is 12.2. The third kappa shape index (κ3) is 17.3. The minimum atomic E-state index is -3.24. The summed E-state index contributed by atoms with van der Waals surface area (Å²) in [6, 6.07) is 12.2. The van der Waals surface area contributed by atoms with Crippen molar-refractivity contribution >= 4 is 63.4 Å². The zero-order chi connectivity index (χ0) is 61.6. The summed E-state index contributed by atoms with van der Waals surface area (Å²) in [6.07, 6.45) is 9.67. The van der Waals surface area contributed by atoms with Crippen LogP contribution in [0.4, 0.5) is 15.3 Å². The summed E-state index contributed by atoms with van der Waals surface area (Å²) in [5, 5.41) is 13.1. The average molecular weight is 1250 g/mol. The van der Waals surface area contributed by atoms with Crippen LogP contribution in [0.25, 0.3) is 0 Å². The number of amides is 4. The molecule has 478 valence electrons. The second kappa shape index (κ2) is 29.4. The SMILES string of the molecule is CO[C@H]1/C=C/C[C@H](C)C[S@@](=O)(CC(=O)N2C[C@H](OC)[C@H]2C)=NC(=O)c2ccc3c(c2)N(C[C@@H]2CC[C@H]21)C[C@@]1(CCCc2cc(Cl)ccc21)CO3.CO[C@H]1CN(C(=O)OC(C)(C)C)[C@@H]1C.CO[C@H]1CN[C@@H]1C.C[C@@H]1[C@@H](O)CN1C(=O)OC(C)(C)C.Cl. The number of anilines is 1. The van der Waals surface area contributed by atoms with Crippen molar-refractivity contribution in [1.29, 1.82) is 0 Å². The molecule has 14 atom stereocenters. The van der Waals surface area contributed by atoms with Crippen LogP contribution in [0.3, 0.4) is 0 Å². The lowest BCUT2D eigenvalue weighted by molar-refractivity contribution is -0.149. The Morgan fingerprint density at radius 1 is 0.812 bits per heavy atom. The first-order chi connectivity index (χ1) is 39.5. The van der Waals surface area contributed by atoms with E-state index < -0.39 is 32.9 Å². The molecule has 2 aliphatic carbocycles. The Bertz CT molecular complexity index is 2790. The Hall–Kier alpha value is -4.25. The largest absolute Gasteiger partial charge is 0.490 e. The molecule has 2 aromatic carbocycles. The standard InChI is InChI=1S/C39H50ClN3O6S.C10H19NO3.C9H17NO3.C5H11NO.ClH/c1-25-7-5-9-34(47-3)31-13-10-29(31)19-42-23-39(16-6-8-27-17-30(40)12-14-32(27)39)24-49-35-15-11-28(18-33(35)42)38(45)41-50(46,21-25)22-37(44)43-20-36(48-4)26(43)2;1-7-8(13-5)6-11(7)9(12)14-10(2,3)4;1-6-7(11)5-10(6)8(12)13-9(2,3)4;1-4-5(7-2)3-6-4;/h5,9,11-12,14-15,17-18,25-26,29,31,34,36H,6-8,10,13,16,19-24H2,1-4H3;7-8H,6H2,1-5H3;6-7,11H,5H2,1-4H3;4-6H,3H2,1-2H3;1H/b9-5+;;;;/t25-,26+,29-,31+,34-,36-,39-,50+;7-,8+;6-,7+;4-,5+;/m0111./s1. The monoisotopic (exact) mass is 1250 g/mol. The number of aryl methyl sites for hydroxylation is 1. The molecule has 1 saturated carbocycles. The van der Waals surface area contributed by atoms with E-state index in [0.717, 1.165) is 68.2 Å². The second-order valence-corrected chi connectivity index (χ2v) is 29.1. The molecule has 0 radical (unpaired) electrons. The number of nitrogens with zero attached hydrogens (tertiary/aromatic N) is 5. The topological polar surface area (TPSA) is 208 Å². The number of carbonyl (C=O) groups is 4. The van der Waals surface area contributed by atoms with Crippen molar-refractivity contribution in [3.63, 3.8) is 0 Å². The van der Waals surface area contributed by atoms with Crippen molar-refractivity contribution in [3.05, 3.63) is 70.3 Å². The van der Waals surface area contributed by atoms with E-state index in [9.17, 15) is 28.5 Å². The minimum Gasteiger partial charge on any atom is -0.490 e. The molecule has 8 aliphatic rings. The highest BCUT2D eigenvalue weighted by atomic mass is 35.5. The van der Waals surface area contributed by atoms with Crippen LogP contribution in [-0.2, 0) is 54.8 Å². The Labute approximate surface area is 517 Å². The van der Waals surface area contributed by atoms with Gasteiger partial charge in [-0.25, -0.2) is 13.8 Å². The number of aliphatic hydroxyl groups excluding tert-OH is 1. The summed E-state index contributed by atoms with van der Waals surface area (Å²) >= 11 is 6.46. The van der Waals surface area contributed by atoms with Crippen LogP contribution in [0.5, 0.6) is 5.75 Å². The summed E-state index contributed by atoms with van der Waals surface area (Å²) in [4.78, 5) is 57.7. The molecule has 10 rings (SSSR count). The third-order valence-electron chi connectivity index (χ3n) is 17.8. The van der Waals surface area contributed by atoms with Gasteiger partial charge in [0.1, 0.15) is 22.7 Å². The molecule has 2 bridgehead atoms. The lowest BCUT2D eigenvalue weighted by Gasteiger charge is -2.46. The van der Waals surface area contributed by atoms with E-state index in [1.807, 2.05) is 80.5 Å². The molecule has 6 aliphatic heterocycles. The quantitative estimate of drug-likeness (QED) is 0.258. The van der Waals surface area contributed by atoms with Crippen LogP contribution in [0.1, 0.15) is 130 Å². The fraction of sp³-hybridized carbons (Fsp3) is 0.714. The van der Waals surface area contributed by atoms with Crippen LogP contribution < -0.4 is 15.0 Å². The number of allylic oxidation sites excluding steroid dienone is 1. The van der Waals surface area contributed by atoms with Crippen molar-refractivity contribution in [3.8, 4) is 5.75 Å². The molecule has 4 amide bonds. The number of benzene rings is 2. The molecule has 4 saturated heterocycles. The molecule has 19 nitrogen and oxygen atoms in total. The van der Waals surface area contributed by atoms with Crippen LogP contribution in [-0.4, -0.2) is 200 Å². The number of halogens is 2. The van der Waals surface area contributed by atoms with Gasteiger partial charge < -0.3 is 63.2 Å². The first-order valence-corrected chi connectivity index (χ1v) is 32.3. The summed E-state index contributed by atoms with van der Waals surface area (Å²) < 4.78 is 57.8. The number of hydrogen-bond donors (Lipinski definition) is 2. The van der Waals surface area contributed by atoms with Gasteiger partial charge in [0.05, 0.1) is 83.8 Å². The molecule has 0 unspecified atom stereocenters. The van der Waals surface area contributed by atoms with Gasteiger partial charge in [-0.15, -0.1) is 12.4 Å². The van der Waals surface area contributed by atoms with E-state index in [1.54, 1.807) is 51.2 Å². The van der Waals surface area contributed by atoms with Gasteiger partial charge in [0.2, 0.25) is 5.91 Å². The van der Waals surface area contributed by atoms with Gasteiger partial charge in [0.15, 0.2) is 0 Å². The van der Waals surface area contributed by atoms with Crippen LogP contribution in [0.2, 0.25) is 5.02 Å².